The van der Waals surface area contributed by atoms with Gasteiger partial charge in [0.25, 0.3) is 5.89 Å². The SMILES string of the molecule is CSc1nn(CC(=O)Nc2ccc(F)cc2F)c(N)c1-c1nc(-c2ccccc2)no1. The third-order valence-corrected chi connectivity index (χ3v) is 5.00. The maximum absolute atomic E-state index is 13.8. The molecule has 0 fully saturated rings. The molecule has 2 aromatic carbocycles. The van der Waals surface area contributed by atoms with Crippen molar-refractivity contribution in [3.8, 4) is 22.8 Å². The van der Waals surface area contributed by atoms with Crippen molar-refractivity contribution in [2.45, 2.75) is 11.6 Å². The zero-order valence-corrected chi connectivity index (χ0v) is 17.0. The number of carbonyl (C=O) groups excluding carboxylic acids is 1. The van der Waals surface area contributed by atoms with Crippen molar-refractivity contribution in [2.24, 2.45) is 0 Å². The monoisotopic (exact) mass is 442 g/mol. The number of hydrogen-bond acceptors (Lipinski definition) is 7. The van der Waals surface area contributed by atoms with Crippen LogP contribution >= 0.6 is 11.8 Å². The van der Waals surface area contributed by atoms with Gasteiger partial charge in [-0.2, -0.15) is 10.1 Å². The second-order valence-electron chi connectivity index (χ2n) is 6.39. The largest absolute Gasteiger partial charge is 0.383 e. The fraction of sp³-hybridized carbons (Fsp3) is 0.100. The van der Waals surface area contributed by atoms with E-state index in [1.165, 1.54) is 16.4 Å². The smallest absolute Gasteiger partial charge is 0.264 e. The van der Waals surface area contributed by atoms with Gasteiger partial charge in [0, 0.05) is 11.6 Å². The van der Waals surface area contributed by atoms with Crippen molar-refractivity contribution in [2.75, 3.05) is 17.3 Å². The van der Waals surface area contributed by atoms with Crippen molar-refractivity contribution < 1.29 is 18.1 Å². The van der Waals surface area contributed by atoms with E-state index in [0.717, 1.165) is 17.7 Å². The zero-order chi connectivity index (χ0) is 22.0. The summed E-state index contributed by atoms with van der Waals surface area (Å²) in [6, 6.07) is 12.1. The number of thioether (sulfide) groups is 1. The van der Waals surface area contributed by atoms with E-state index in [9.17, 15) is 13.6 Å². The average Bonchev–Trinajstić information content (AvgIpc) is 3.35. The Balaban J connectivity index is 1.59. The first-order chi connectivity index (χ1) is 15.0. The quantitative estimate of drug-likeness (QED) is 0.437. The summed E-state index contributed by atoms with van der Waals surface area (Å²) in [5, 5.41) is 11.2. The van der Waals surface area contributed by atoms with E-state index in [1.54, 1.807) is 6.26 Å². The minimum atomic E-state index is -0.883. The molecule has 0 bridgehead atoms. The molecule has 158 valence electrons. The number of nitrogens with two attached hydrogens (primary N) is 1. The first kappa shape index (κ1) is 20.5. The van der Waals surface area contributed by atoms with Crippen molar-refractivity contribution in [1.29, 1.82) is 0 Å². The molecule has 0 aliphatic rings. The number of amides is 1. The Morgan fingerprint density at radius 1 is 1.23 bits per heavy atom. The van der Waals surface area contributed by atoms with E-state index in [1.807, 2.05) is 30.3 Å². The van der Waals surface area contributed by atoms with Gasteiger partial charge in [-0.3, -0.25) is 4.79 Å². The molecule has 31 heavy (non-hydrogen) atoms. The number of halogens is 2. The fourth-order valence-corrected chi connectivity index (χ4v) is 3.44. The Bertz CT molecular complexity index is 1240. The molecular weight excluding hydrogens is 426 g/mol. The van der Waals surface area contributed by atoms with Crippen LogP contribution in [0.25, 0.3) is 22.8 Å². The fourth-order valence-electron chi connectivity index (χ4n) is 2.86. The normalized spacial score (nSPS) is 10.9. The number of aromatic nitrogens is 4. The summed E-state index contributed by atoms with van der Waals surface area (Å²) in [4.78, 5) is 16.7. The Hall–Kier alpha value is -3.73. The maximum Gasteiger partial charge on any atom is 0.264 e. The number of rotatable bonds is 6. The van der Waals surface area contributed by atoms with Gasteiger partial charge in [0.05, 0.1) is 5.69 Å². The highest BCUT2D eigenvalue weighted by atomic mass is 32.2. The molecule has 11 heteroatoms. The van der Waals surface area contributed by atoms with Gasteiger partial charge < -0.3 is 15.6 Å². The van der Waals surface area contributed by atoms with Crippen LogP contribution in [-0.4, -0.2) is 32.1 Å². The molecule has 8 nitrogen and oxygen atoms in total. The second-order valence-corrected chi connectivity index (χ2v) is 7.18. The zero-order valence-electron chi connectivity index (χ0n) is 16.2. The molecule has 4 aromatic rings. The summed E-state index contributed by atoms with van der Waals surface area (Å²) in [6.45, 7) is -0.296. The Kier molecular flexibility index (Phi) is 5.67. The first-order valence-electron chi connectivity index (χ1n) is 9.01. The van der Waals surface area contributed by atoms with Crippen LogP contribution in [0.2, 0.25) is 0 Å². The Morgan fingerprint density at radius 3 is 2.71 bits per heavy atom. The molecule has 0 aliphatic heterocycles. The molecule has 0 radical (unpaired) electrons. The number of nitrogens with one attached hydrogen (secondary N) is 1. The maximum atomic E-state index is 13.8. The molecular formula is C20H16F2N6O2S. The third kappa shape index (κ3) is 4.26. The molecule has 4 rings (SSSR count). The molecule has 0 atom stereocenters. The predicted octanol–water partition coefficient (Wildman–Crippen LogP) is 3.82. The number of carbonyl (C=O) groups is 1. The van der Waals surface area contributed by atoms with Crippen LogP contribution in [0.4, 0.5) is 20.3 Å². The van der Waals surface area contributed by atoms with Crippen molar-refractivity contribution in [3.05, 3.63) is 60.2 Å². The molecule has 2 heterocycles. The standard InChI is InChI=1S/C20H16F2N6O2S/c1-31-20-16(19-25-18(27-30-19)11-5-3-2-4-6-11)17(23)28(26-20)10-15(29)24-14-8-7-12(21)9-13(14)22/h2-9H,10,23H2,1H3,(H,24,29). The van der Waals surface area contributed by atoms with E-state index < -0.39 is 17.5 Å². The molecule has 0 saturated carbocycles. The molecule has 3 N–H and O–H groups in total. The molecule has 0 saturated heterocycles. The Labute approximate surface area is 179 Å². The van der Waals surface area contributed by atoms with Gasteiger partial charge in [0.1, 0.15) is 34.6 Å². The van der Waals surface area contributed by atoms with Crippen LogP contribution in [0.1, 0.15) is 0 Å². The summed E-state index contributed by atoms with van der Waals surface area (Å²) >= 11 is 1.29. The van der Waals surface area contributed by atoms with Crippen LogP contribution in [0.15, 0.2) is 58.1 Å². The van der Waals surface area contributed by atoms with Crippen LogP contribution in [0, 0.1) is 11.6 Å². The second kappa shape index (κ2) is 8.56. The number of nitrogen functional groups attached to an aromatic ring is 1. The third-order valence-electron chi connectivity index (χ3n) is 4.32. The van der Waals surface area contributed by atoms with Gasteiger partial charge in [-0.25, -0.2) is 13.5 Å². The summed E-state index contributed by atoms with van der Waals surface area (Å²) in [5.41, 5.74) is 7.24. The van der Waals surface area contributed by atoms with Crippen LogP contribution in [0.5, 0.6) is 0 Å². The van der Waals surface area contributed by atoms with Gasteiger partial charge in [0.2, 0.25) is 11.7 Å². The minimum absolute atomic E-state index is 0.141. The van der Waals surface area contributed by atoms with Crippen molar-refractivity contribution >= 4 is 29.2 Å². The van der Waals surface area contributed by atoms with Crippen LogP contribution in [0.3, 0.4) is 0 Å². The van der Waals surface area contributed by atoms with Gasteiger partial charge in [0.15, 0.2) is 0 Å². The van der Waals surface area contributed by atoms with Gasteiger partial charge in [-0.05, 0) is 18.4 Å². The molecule has 0 unspecified atom stereocenters. The first-order valence-corrected chi connectivity index (χ1v) is 10.2. The minimum Gasteiger partial charge on any atom is -0.383 e. The van der Waals surface area contributed by atoms with Gasteiger partial charge >= 0.3 is 0 Å². The highest BCUT2D eigenvalue weighted by Gasteiger charge is 2.24. The van der Waals surface area contributed by atoms with Crippen molar-refractivity contribution in [3.63, 3.8) is 0 Å². The lowest BCUT2D eigenvalue weighted by Gasteiger charge is -2.07. The van der Waals surface area contributed by atoms with E-state index in [4.69, 9.17) is 10.3 Å². The molecule has 0 aliphatic carbocycles. The van der Waals surface area contributed by atoms with Gasteiger partial charge in [-0.15, -0.1) is 11.8 Å². The number of hydrogen-bond donors (Lipinski definition) is 2. The summed E-state index contributed by atoms with van der Waals surface area (Å²) < 4.78 is 33.4. The molecule has 1 amide bonds. The lowest BCUT2D eigenvalue weighted by atomic mass is 10.2. The lowest BCUT2D eigenvalue weighted by Crippen LogP contribution is -2.21. The topological polar surface area (TPSA) is 112 Å². The summed E-state index contributed by atoms with van der Waals surface area (Å²) in [5.74, 6) is -1.52. The number of anilines is 2. The van der Waals surface area contributed by atoms with Gasteiger partial charge in [-0.1, -0.05) is 35.5 Å². The number of benzene rings is 2. The van der Waals surface area contributed by atoms with Crippen LogP contribution in [-0.2, 0) is 11.3 Å². The van der Waals surface area contributed by atoms with Crippen LogP contribution < -0.4 is 11.1 Å². The Morgan fingerprint density at radius 2 is 2.00 bits per heavy atom. The van der Waals surface area contributed by atoms with E-state index >= 15 is 0 Å². The highest BCUT2D eigenvalue weighted by molar-refractivity contribution is 7.98. The predicted molar refractivity (Wildman–Crippen MR) is 112 cm³/mol. The summed E-state index contributed by atoms with van der Waals surface area (Å²) in [6.07, 6.45) is 1.79. The van der Waals surface area contributed by atoms with E-state index in [0.29, 0.717) is 22.5 Å². The van der Waals surface area contributed by atoms with E-state index in [2.05, 4.69) is 20.6 Å². The molecule has 0 spiro atoms. The molecule has 2 aromatic heterocycles. The van der Waals surface area contributed by atoms with Crippen molar-refractivity contribution in [1.82, 2.24) is 19.9 Å². The lowest BCUT2D eigenvalue weighted by molar-refractivity contribution is -0.116. The highest BCUT2D eigenvalue weighted by Crippen LogP contribution is 2.34. The summed E-state index contributed by atoms with van der Waals surface area (Å²) in [7, 11) is 0. The number of nitrogens with zero attached hydrogens (tertiary/aromatic N) is 4. The van der Waals surface area contributed by atoms with E-state index in [-0.39, 0.29) is 23.9 Å². The average molecular weight is 442 g/mol.